The molecule has 0 aliphatic heterocycles. The smallest absolute Gasteiger partial charge is 0.263 e. The average Bonchev–Trinajstić information content (AvgIpc) is 2.75. The van der Waals surface area contributed by atoms with E-state index in [0.717, 1.165) is 22.9 Å². The highest BCUT2D eigenvalue weighted by atomic mass is 32.1. The van der Waals surface area contributed by atoms with Gasteiger partial charge in [-0.25, -0.2) is 0 Å². The number of nitrogens with one attached hydrogen (secondary N) is 1. The largest absolute Gasteiger partial charge is 0.397 e. The summed E-state index contributed by atoms with van der Waals surface area (Å²) in [5.41, 5.74) is 6.85. The van der Waals surface area contributed by atoms with Crippen LogP contribution in [0.4, 0.5) is 5.69 Å². The Labute approximate surface area is 128 Å². The van der Waals surface area contributed by atoms with E-state index in [0.29, 0.717) is 17.1 Å². The van der Waals surface area contributed by atoms with Gasteiger partial charge >= 0.3 is 0 Å². The lowest BCUT2D eigenvalue weighted by Gasteiger charge is -2.47. The standard InChI is InChI=1S/C16H21N3OS/c1-19(2)16(8-5-9-16)10-18-15(20)14-13(17)11-6-3-4-7-12(11)21-14/h3-4,6-7H,5,8-10,17H2,1-2H3,(H,18,20). The van der Waals surface area contributed by atoms with Gasteiger partial charge in [0.25, 0.3) is 5.91 Å². The van der Waals surface area contributed by atoms with E-state index in [-0.39, 0.29) is 11.4 Å². The normalized spacial score (nSPS) is 16.9. The van der Waals surface area contributed by atoms with E-state index in [1.54, 1.807) is 0 Å². The Hall–Kier alpha value is -1.59. The molecule has 5 heteroatoms. The molecule has 112 valence electrons. The number of hydrogen-bond donors (Lipinski definition) is 2. The number of hydrogen-bond acceptors (Lipinski definition) is 4. The molecule has 3 rings (SSSR count). The summed E-state index contributed by atoms with van der Waals surface area (Å²) in [5.74, 6) is -0.0539. The molecule has 1 aliphatic carbocycles. The Morgan fingerprint density at radius 2 is 2.10 bits per heavy atom. The van der Waals surface area contributed by atoms with Gasteiger partial charge in [0.05, 0.1) is 5.69 Å². The monoisotopic (exact) mass is 303 g/mol. The van der Waals surface area contributed by atoms with Crippen LogP contribution in [0.3, 0.4) is 0 Å². The van der Waals surface area contributed by atoms with Gasteiger partial charge in [-0.2, -0.15) is 0 Å². The number of nitrogen functional groups attached to an aromatic ring is 1. The molecule has 1 fully saturated rings. The van der Waals surface area contributed by atoms with Crippen molar-refractivity contribution in [2.75, 3.05) is 26.4 Å². The predicted octanol–water partition coefficient (Wildman–Crippen LogP) is 2.70. The molecule has 0 unspecified atom stereocenters. The molecule has 1 amide bonds. The Kier molecular flexibility index (Phi) is 3.63. The van der Waals surface area contributed by atoms with Crippen LogP contribution in [0.2, 0.25) is 0 Å². The summed E-state index contributed by atoms with van der Waals surface area (Å²) in [5, 5.41) is 4.05. The molecule has 4 nitrogen and oxygen atoms in total. The zero-order valence-corrected chi connectivity index (χ0v) is 13.3. The molecule has 1 aromatic carbocycles. The topological polar surface area (TPSA) is 58.4 Å². The molecule has 0 saturated heterocycles. The Morgan fingerprint density at radius 3 is 2.67 bits per heavy atom. The summed E-state index contributed by atoms with van der Waals surface area (Å²) in [6.45, 7) is 0.687. The highest BCUT2D eigenvalue weighted by molar-refractivity contribution is 7.21. The first kappa shape index (κ1) is 14.4. The predicted molar refractivity (Wildman–Crippen MR) is 88.8 cm³/mol. The molecule has 1 aromatic heterocycles. The summed E-state index contributed by atoms with van der Waals surface area (Å²) < 4.78 is 1.06. The lowest BCUT2D eigenvalue weighted by atomic mass is 9.75. The molecule has 21 heavy (non-hydrogen) atoms. The number of carbonyl (C=O) groups is 1. The zero-order chi connectivity index (χ0) is 15.0. The molecular weight excluding hydrogens is 282 g/mol. The fourth-order valence-corrected chi connectivity index (χ4v) is 3.97. The lowest BCUT2D eigenvalue weighted by Crippen LogP contribution is -2.57. The number of thiophene rings is 1. The van der Waals surface area contributed by atoms with E-state index in [9.17, 15) is 4.79 Å². The number of nitrogens with zero attached hydrogens (tertiary/aromatic N) is 1. The number of nitrogens with two attached hydrogens (primary N) is 1. The number of amides is 1. The van der Waals surface area contributed by atoms with Gasteiger partial charge in [-0.1, -0.05) is 18.2 Å². The minimum atomic E-state index is -0.0539. The van der Waals surface area contributed by atoms with Crippen LogP contribution in [0.25, 0.3) is 10.1 Å². The summed E-state index contributed by atoms with van der Waals surface area (Å²) in [4.78, 5) is 15.3. The Morgan fingerprint density at radius 1 is 1.38 bits per heavy atom. The Balaban J connectivity index is 1.77. The van der Waals surface area contributed by atoms with Crippen LogP contribution < -0.4 is 11.1 Å². The summed E-state index contributed by atoms with van der Waals surface area (Å²) in [6, 6.07) is 7.88. The van der Waals surface area contributed by atoms with Crippen LogP contribution in [0.15, 0.2) is 24.3 Å². The maximum Gasteiger partial charge on any atom is 0.263 e. The van der Waals surface area contributed by atoms with Gasteiger partial charge in [0.2, 0.25) is 0 Å². The van der Waals surface area contributed by atoms with Crippen molar-refractivity contribution >= 4 is 33.0 Å². The van der Waals surface area contributed by atoms with Crippen LogP contribution in [0.5, 0.6) is 0 Å². The third kappa shape index (κ3) is 2.40. The van der Waals surface area contributed by atoms with Crippen LogP contribution in [-0.2, 0) is 0 Å². The quantitative estimate of drug-likeness (QED) is 0.913. The van der Waals surface area contributed by atoms with E-state index < -0.39 is 0 Å². The minimum absolute atomic E-state index is 0.0539. The highest BCUT2D eigenvalue weighted by Crippen LogP contribution is 2.36. The first-order valence-electron chi connectivity index (χ1n) is 7.26. The van der Waals surface area contributed by atoms with Gasteiger partial charge in [-0.05, 0) is 39.4 Å². The highest BCUT2D eigenvalue weighted by Gasteiger charge is 2.39. The Bertz CT molecular complexity index is 673. The number of anilines is 1. The van der Waals surface area contributed by atoms with E-state index in [4.69, 9.17) is 5.73 Å². The molecular formula is C16H21N3OS. The van der Waals surface area contributed by atoms with Crippen molar-refractivity contribution in [3.8, 4) is 0 Å². The molecule has 1 heterocycles. The van der Waals surface area contributed by atoms with Gasteiger partial charge in [-0.3, -0.25) is 4.79 Å². The number of likely N-dealkylation sites (N-methyl/N-ethyl adjacent to an activating group) is 1. The van der Waals surface area contributed by atoms with Crippen molar-refractivity contribution < 1.29 is 4.79 Å². The lowest BCUT2D eigenvalue weighted by molar-refractivity contribution is 0.0559. The van der Waals surface area contributed by atoms with Crippen LogP contribution in [0.1, 0.15) is 28.9 Å². The van der Waals surface area contributed by atoms with Crippen molar-refractivity contribution in [3.63, 3.8) is 0 Å². The van der Waals surface area contributed by atoms with Gasteiger partial charge in [0.1, 0.15) is 4.88 Å². The molecule has 0 spiro atoms. The summed E-state index contributed by atoms with van der Waals surface area (Å²) in [6.07, 6.45) is 3.52. The molecule has 1 saturated carbocycles. The van der Waals surface area contributed by atoms with Crippen LogP contribution >= 0.6 is 11.3 Å². The van der Waals surface area contributed by atoms with Gasteiger partial charge < -0.3 is 16.0 Å². The van der Waals surface area contributed by atoms with Gasteiger partial charge in [0, 0.05) is 22.2 Å². The van der Waals surface area contributed by atoms with Gasteiger partial charge in [-0.15, -0.1) is 11.3 Å². The van der Waals surface area contributed by atoms with Crippen molar-refractivity contribution in [3.05, 3.63) is 29.1 Å². The average molecular weight is 303 g/mol. The van der Waals surface area contributed by atoms with Crippen molar-refractivity contribution in [2.45, 2.75) is 24.8 Å². The van der Waals surface area contributed by atoms with Gasteiger partial charge in [0.15, 0.2) is 0 Å². The van der Waals surface area contributed by atoms with E-state index in [2.05, 4.69) is 24.3 Å². The second-order valence-corrected chi connectivity index (χ2v) is 7.05. The third-order valence-corrected chi connectivity index (χ3v) is 5.84. The summed E-state index contributed by atoms with van der Waals surface area (Å²) >= 11 is 1.47. The minimum Gasteiger partial charge on any atom is -0.397 e. The van der Waals surface area contributed by atoms with Crippen molar-refractivity contribution in [1.82, 2.24) is 10.2 Å². The third-order valence-electron chi connectivity index (χ3n) is 4.65. The fraction of sp³-hybridized carbons (Fsp3) is 0.438. The molecule has 0 atom stereocenters. The molecule has 0 radical (unpaired) electrons. The maximum absolute atomic E-state index is 12.4. The number of fused-ring (bicyclic) bond motifs is 1. The number of benzene rings is 1. The number of rotatable bonds is 4. The molecule has 3 N–H and O–H groups in total. The molecule has 2 aromatic rings. The molecule has 0 bridgehead atoms. The first-order valence-corrected chi connectivity index (χ1v) is 8.08. The maximum atomic E-state index is 12.4. The second-order valence-electron chi connectivity index (χ2n) is 6.00. The van der Waals surface area contributed by atoms with Crippen molar-refractivity contribution in [2.24, 2.45) is 0 Å². The fourth-order valence-electron chi connectivity index (χ4n) is 2.93. The zero-order valence-electron chi connectivity index (χ0n) is 12.5. The first-order chi connectivity index (χ1) is 10.0. The van der Waals surface area contributed by atoms with Crippen LogP contribution in [0, 0.1) is 0 Å². The summed E-state index contributed by atoms with van der Waals surface area (Å²) in [7, 11) is 4.16. The SMILES string of the molecule is CN(C)C1(CNC(=O)c2sc3ccccc3c2N)CCC1. The second kappa shape index (κ2) is 5.31. The van der Waals surface area contributed by atoms with E-state index in [1.807, 2.05) is 24.3 Å². The van der Waals surface area contributed by atoms with E-state index in [1.165, 1.54) is 17.8 Å². The van der Waals surface area contributed by atoms with E-state index >= 15 is 0 Å². The number of carbonyl (C=O) groups excluding carboxylic acids is 1. The molecule has 1 aliphatic rings. The van der Waals surface area contributed by atoms with Crippen molar-refractivity contribution in [1.29, 1.82) is 0 Å². The van der Waals surface area contributed by atoms with Crippen LogP contribution in [-0.4, -0.2) is 37.0 Å².